The predicted molar refractivity (Wildman–Crippen MR) is 134 cm³/mol. The summed E-state index contributed by atoms with van der Waals surface area (Å²) >= 11 is 0. The summed E-state index contributed by atoms with van der Waals surface area (Å²) in [5, 5.41) is 0. The van der Waals surface area contributed by atoms with E-state index in [-0.39, 0.29) is 36.9 Å². The molecule has 0 aliphatic heterocycles. The SMILES string of the molecule is C#CCOc1ccc(N(C)C(=O)[C@H]2CCC[C@H](C(=O)N(C)c3ccc(OCC#C)cc3)C2)cc1. The molecule has 6 nitrogen and oxygen atoms in total. The zero-order chi connectivity index (χ0) is 24.5. The Morgan fingerprint density at radius 1 is 0.794 bits per heavy atom. The Morgan fingerprint density at radius 2 is 1.18 bits per heavy atom. The zero-order valence-corrected chi connectivity index (χ0v) is 19.7. The fraction of sp³-hybridized carbons (Fsp3) is 0.357. The van der Waals surface area contributed by atoms with Crippen LogP contribution in [0.15, 0.2) is 48.5 Å². The number of rotatable bonds is 8. The van der Waals surface area contributed by atoms with Gasteiger partial charge in [0.05, 0.1) is 0 Å². The standard InChI is InChI=1S/C28H30N2O4/c1-5-18-33-25-14-10-23(11-15-25)29(3)27(31)21-8-7-9-22(20-21)28(32)30(4)24-12-16-26(17-13-24)34-19-6-2/h1-2,10-17,21-22H,7-9,18-20H2,3-4H3/t21-,22-/m0/s1. The molecule has 0 aromatic heterocycles. The monoisotopic (exact) mass is 458 g/mol. The molecule has 0 spiro atoms. The fourth-order valence-corrected chi connectivity index (χ4v) is 4.22. The van der Waals surface area contributed by atoms with Crippen molar-refractivity contribution in [3.8, 4) is 36.2 Å². The van der Waals surface area contributed by atoms with Gasteiger partial charge in [0.2, 0.25) is 11.8 Å². The zero-order valence-electron chi connectivity index (χ0n) is 19.7. The van der Waals surface area contributed by atoms with Crippen LogP contribution in [-0.4, -0.2) is 39.1 Å². The minimum absolute atomic E-state index is 0.0208. The van der Waals surface area contributed by atoms with E-state index in [1.165, 1.54) is 0 Å². The van der Waals surface area contributed by atoms with Crippen molar-refractivity contribution in [2.45, 2.75) is 25.7 Å². The van der Waals surface area contributed by atoms with Gasteiger partial charge in [0.1, 0.15) is 24.7 Å². The topological polar surface area (TPSA) is 59.1 Å². The Hall–Kier alpha value is -3.90. The van der Waals surface area contributed by atoms with Crippen LogP contribution in [0.4, 0.5) is 11.4 Å². The highest BCUT2D eigenvalue weighted by molar-refractivity contribution is 5.97. The number of nitrogens with zero attached hydrogens (tertiary/aromatic N) is 2. The van der Waals surface area contributed by atoms with Crippen molar-refractivity contribution >= 4 is 23.2 Å². The van der Waals surface area contributed by atoms with Crippen molar-refractivity contribution in [2.24, 2.45) is 11.8 Å². The number of ether oxygens (including phenoxy) is 2. The molecular weight excluding hydrogens is 428 g/mol. The summed E-state index contributed by atoms with van der Waals surface area (Å²) < 4.78 is 10.8. The fourth-order valence-electron chi connectivity index (χ4n) is 4.22. The van der Waals surface area contributed by atoms with Crippen LogP contribution < -0.4 is 19.3 Å². The van der Waals surface area contributed by atoms with Gasteiger partial charge in [-0.1, -0.05) is 18.3 Å². The first kappa shape index (κ1) is 24.7. The van der Waals surface area contributed by atoms with E-state index in [9.17, 15) is 9.59 Å². The van der Waals surface area contributed by atoms with E-state index in [0.717, 1.165) is 30.6 Å². The van der Waals surface area contributed by atoms with Crippen molar-refractivity contribution < 1.29 is 19.1 Å². The third kappa shape index (κ3) is 6.11. The minimum atomic E-state index is -0.196. The second-order valence-electron chi connectivity index (χ2n) is 8.33. The molecule has 2 amide bonds. The summed E-state index contributed by atoms with van der Waals surface area (Å²) in [6.07, 6.45) is 13.4. The van der Waals surface area contributed by atoms with E-state index in [2.05, 4.69) is 11.8 Å². The summed E-state index contributed by atoms with van der Waals surface area (Å²) in [4.78, 5) is 29.7. The molecule has 0 unspecified atom stereocenters. The first-order chi connectivity index (χ1) is 16.4. The van der Waals surface area contributed by atoms with Crippen molar-refractivity contribution in [1.29, 1.82) is 0 Å². The molecule has 176 valence electrons. The van der Waals surface area contributed by atoms with Gasteiger partial charge in [0.25, 0.3) is 0 Å². The molecule has 0 saturated heterocycles. The van der Waals surface area contributed by atoms with Crippen LogP contribution in [0.25, 0.3) is 0 Å². The van der Waals surface area contributed by atoms with Crippen molar-refractivity contribution in [2.75, 3.05) is 37.1 Å². The van der Waals surface area contributed by atoms with Gasteiger partial charge in [-0.05, 0) is 67.8 Å². The van der Waals surface area contributed by atoms with Crippen molar-refractivity contribution in [3.63, 3.8) is 0 Å². The maximum Gasteiger partial charge on any atom is 0.229 e. The van der Waals surface area contributed by atoms with Crippen molar-refractivity contribution in [3.05, 3.63) is 48.5 Å². The molecule has 34 heavy (non-hydrogen) atoms. The number of hydrogen-bond donors (Lipinski definition) is 0. The molecule has 2 aromatic rings. The maximum absolute atomic E-state index is 13.2. The molecule has 0 bridgehead atoms. The Balaban J connectivity index is 1.61. The van der Waals surface area contributed by atoms with E-state index < -0.39 is 0 Å². The van der Waals surface area contributed by atoms with Gasteiger partial charge in [-0.3, -0.25) is 9.59 Å². The Labute approximate surface area is 201 Å². The lowest BCUT2D eigenvalue weighted by atomic mass is 9.80. The Kier molecular flexibility index (Phi) is 8.60. The normalized spacial score (nSPS) is 17.1. The lowest BCUT2D eigenvalue weighted by Gasteiger charge is -2.32. The minimum Gasteiger partial charge on any atom is -0.481 e. The van der Waals surface area contributed by atoms with Gasteiger partial charge in [-0.15, -0.1) is 12.8 Å². The third-order valence-corrected chi connectivity index (χ3v) is 6.13. The second-order valence-corrected chi connectivity index (χ2v) is 8.33. The van der Waals surface area contributed by atoms with Crippen LogP contribution in [0.2, 0.25) is 0 Å². The number of benzene rings is 2. The Bertz CT molecular complexity index is 978. The Morgan fingerprint density at radius 3 is 1.53 bits per heavy atom. The molecule has 1 aliphatic rings. The predicted octanol–water partition coefficient (Wildman–Crippen LogP) is 4.14. The first-order valence-electron chi connectivity index (χ1n) is 11.3. The van der Waals surface area contributed by atoms with Gasteiger partial charge < -0.3 is 19.3 Å². The summed E-state index contributed by atoms with van der Waals surface area (Å²) in [5.41, 5.74) is 1.55. The molecule has 0 N–H and O–H groups in total. The summed E-state index contributed by atoms with van der Waals surface area (Å²) in [5.74, 6) is 5.82. The van der Waals surface area contributed by atoms with Crippen LogP contribution in [0.5, 0.6) is 11.5 Å². The lowest BCUT2D eigenvalue weighted by Crippen LogP contribution is -2.40. The number of carbonyl (C=O) groups excluding carboxylic acids is 2. The average molecular weight is 459 g/mol. The van der Waals surface area contributed by atoms with Gasteiger partial charge in [-0.2, -0.15) is 0 Å². The largest absolute Gasteiger partial charge is 0.481 e. The van der Waals surface area contributed by atoms with Gasteiger partial charge in [0, 0.05) is 37.3 Å². The van der Waals surface area contributed by atoms with Crippen LogP contribution in [0.3, 0.4) is 0 Å². The van der Waals surface area contributed by atoms with Crippen LogP contribution in [0, 0.1) is 36.5 Å². The summed E-state index contributed by atoms with van der Waals surface area (Å²) in [6.45, 7) is 0.396. The van der Waals surface area contributed by atoms with Crippen LogP contribution >= 0.6 is 0 Å². The van der Waals surface area contributed by atoms with E-state index >= 15 is 0 Å². The highest BCUT2D eigenvalue weighted by atomic mass is 16.5. The number of anilines is 2. The molecule has 0 heterocycles. The molecule has 2 aromatic carbocycles. The third-order valence-electron chi connectivity index (χ3n) is 6.13. The number of amides is 2. The van der Waals surface area contributed by atoms with Crippen LogP contribution in [-0.2, 0) is 9.59 Å². The quantitative estimate of drug-likeness (QED) is 0.558. The average Bonchev–Trinajstić information content (AvgIpc) is 2.89. The number of terminal acetylenes is 2. The number of carbonyl (C=O) groups is 2. The summed E-state index contributed by atoms with van der Waals surface area (Å²) in [6, 6.07) is 14.5. The highest BCUT2D eigenvalue weighted by Crippen LogP contribution is 2.33. The first-order valence-corrected chi connectivity index (χ1v) is 11.3. The van der Waals surface area contributed by atoms with Gasteiger partial charge in [0.15, 0.2) is 0 Å². The molecule has 1 fully saturated rings. The molecule has 1 aliphatic carbocycles. The molecule has 2 atom stereocenters. The highest BCUT2D eigenvalue weighted by Gasteiger charge is 2.34. The molecule has 1 saturated carbocycles. The molecule has 6 heteroatoms. The van der Waals surface area contributed by atoms with E-state index in [0.29, 0.717) is 17.9 Å². The lowest BCUT2D eigenvalue weighted by molar-refractivity contribution is -0.127. The van der Waals surface area contributed by atoms with Crippen molar-refractivity contribution in [1.82, 2.24) is 0 Å². The molecule has 0 radical (unpaired) electrons. The van der Waals surface area contributed by atoms with Crippen LogP contribution in [0.1, 0.15) is 25.7 Å². The summed E-state index contributed by atoms with van der Waals surface area (Å²) in [7, 11) is 3.53. The van der Waals surface area contributed by atoms with E-state index in [1.54, 1.807) is 48.2 Å². The van der Waals surface area contributed by atoms with Gasteiger partial charge >= 0.3 is 0 Å². The van der Waals surface area contributed by atoms with E-state index in [1.807, 2.05) is 24.3 Å². The molecular formula is C28H30N2O4. The molecule has 3 rings (SSSR count). The van der Waals surface area contributed by atoms with E-state index in [4.69, 9.17) is 22.3 Å². The van der Waals surface area contributed by atoms with Gasteiger partial charge in [-0.25, -0.2) is 0 Å². The number of hydrogen-bond acceptors (Lipinski definition) is 4. The smallest absolute Gasteiger partial charge is 0.229 e. The maximum atomic E-state index is 13.2. The second kappa shape index (κ2) is 11.8.